The van der Waals surface area contributed by atoms with Crippen molar-refractivity contribution in [2.75, 3.05) is 19.1 Å². The lowest BCUT2D eigenvalue weighted by Crippen LogP contribution is -2.41. The Morgan fingerprint density at radius 1 is 1.11 bits per heavy atom. The molecule has 1 aliphatic rings. The molecule has 0 radical (unpaired) electrons. The molecule has 0 fully saturated rings. The van der Waals surface area contributed by atoms with Gasteiger partial charge in [-0.2, -0.15) is 18.4 Å². The third-order valence-electron chi connectivity index (χ3n) is 5.19. The van der Waals surface area contributed by atoms with Gasteiger partial charge in [-0.05, 0) is 33.6 Å². The van der Waals surface area contributed by atoms with Crippen LogP contribution in [-0.4, -0.2) is 26.2 Å². The number of hydrogen-bond acceptors (Lipinski definition) is 7. The number of rotatable bonds is 4. The molecule has 0 spiro atoms. The fraction of sp³-hybridized carbons (Fsp3) is 0.174. The molecule has 0 saturated heterocycles. The monoisotopic (exact) mass is 553 g/mol. The van der Waals surface area contributed by atoms with E-state index in [0.717, 1.165) is 14.2 Å². The second kappa shape index (κ2) is 9.79. The smallest absolute Gasteiger partial charge is 0.416 e. The summed E-state index contributed by atoms with van der Waals surface area (Å²) in [6.45, 7) is 0. The molecule has 1 aliphatic heterocycles. The van der Waals surface area contributed by atoms with E-state index in [-0.39, 0.29) is 11.6 Å². The fourth-order valence-electron chi connectivity index (χ4n) is 3.66. The Balaban J connectivity index is 2.49. The number of nitrogens with two attached hydrogens (primary N) is 1. The number of hydrogen-bond donors (Lipinski definition) is 1. The van der Waals surface area contributed by atoms with Crippen LogP contribution in [0.15, 0.2) is 69.6 Å². The van der Waals surface area contributed by atoms with Gasteiger partial charge >= 0.3 is 18.1 Å². The first kappa shape index (κ1) is 25.8. The molecule has 1 atom stereocenters. The van der Waals surface area contributed by atoms with E-state index in [9.17, 15) is 32.4 Å². The molecule has 12 heteroatoms. The second-order valence-electron chi connectivity index (χ2n) is 7.12. The zero-order valence-electron chi connectivity index (χ0n) is 18.1. The van der Waals surface area contributed by atoms with Crippen LogP contribution in [0.1, 0.15) is 17.0 Å². The Hall–Kier alpha value is -3.85. The predicted molar refractivity (Wildman–Crippen MR) is 119 cm³/mol. The Bertz CT molecular complexity index is 1300. The summed E-state index contributed by atoms with van der Waals surface area (Å²) in [5, 5.41) is 9.95. The minimum absolute atomic E-state index is 0.248. The minimum Gasteiger partial charge on any atom is -0.466 e. The summed E-state index contributed by atoms with van der Waals surface area (Å²) >= 11 is 2.88. The largest absolute Gasteiger partial charge is 0.466 e. The first-order valence-electron chi connectivity index (χ1n) is 9.69. The molecule has 2 aromatic rings. The zero-order valence-corrected chi connectivity index (χ0v) is 19.7. The number of allylic oxidation sites excluding steroid dienone is 1. The van der Waals surface area contributed by atoms with E-state index < -0.39 is 62.7 Å². The Kier molecular flexibility index (Phi) is 7.21. The standard InChI is InChI=1S/C23H16BrF4N3O4/c1-34-21(32)17-16(11-6-4-3-5-7-11)13(10-29)20(30)31(19(17)22(33)35-2)15-9-12(23(26,27)28)8-14(25)18(15)24/h3-9,16H,30H2,1-2H3. The maximum Gasteiger partial charge on any atom is 0.416 e. The van der Waals surface area contributed by atoms with E-state index in [1.54, 1.807) is 30.3 Å². The molecule has 1 heterocycles. The van der Waals surface area contributed by atoms with Gasteiger partial charge in [0.25, 0.3) is 0 Å². The number of carbonyl (C=O) groups excluding carboxylic acids is 2. The van der Waals surface area contributed by atoms with E-state index in [4.69, 9.17) is 15.2 Å². The first-order valence-corrected chi connectivity index (χ1v) is 10.5. The van der Waals surface area contributed by atoms with Crippen molar-refractivity contribution < 1.29 is 36.6 Å². The Morgan fingerprint density at radius 2 is 1.71 bits per heavy atom. The normalized spacial score (nSPS) is 16.2. The number of alkyl halides is 3. The van der Waals surface area contributed by atoms with Gasteiger partial charge in [-0.25, -0.2) is 14.0 Å². The average molecular weight is 554 g/mol. The molecular formula is C23H16BrF4N3O4. The molecule has 2 N–H and O–H groups in total. The van der Waals surface area contributed by atoms with Crippen molar-refractivity contribution in [1.29, 1.82) is 5.26 Å². The topological polar surface area (TPSA) is 106 Å². The van der Waals surface area contributed by atoms with Crippen molar-refractivity contribution in [3.8, 4) is 6.07 Å². The third kappa shape index (κ3) is 4.59. The van der Waals surface area contributed by atoms with Crippen LogP contribution in [0.3, 0.4) is 0 Å². The first-order chi connectivity index (χ1) is 16.5. The predicted octanol–water partition coefficient (Wildman–Crippen LogP) is 4.50. The molecule has 7 nitrogen and oxygen atoms in total. The number of halogens is 5. The van der Waals surface area contributed by atoms with E-state index >= 15 is 0 Å². The quantitative estimate of drug-likeness (QED) is 0.438. The van der Waals surface area contributed by atoms with Crippen LogP contribution in [0.2, 0.25) is 0 Å². The number of nitrogens with zero attached hydrogens (tertiary/aromatic N) is 2. The second-order valence-corrected chi connectivity index (χ2v) is 7.92. The number of nitriles is 1. The van der Waals surface area contributed by atoms with Crippen LogP contribution in [0.5, 0.6) is 0 Å². The molecule has 2 aromatic carbocycles. The van der Waals surface area contributed by atoms with Gasteiger partial charge in [0.15, 0.2) is 0 Å². The number of benzene rings is 2. The lowest BCUT2D eigenvalue weighted by Gasteiger charge is -2.36. The van der Waals surface area contributed by atoms with Crippen molar-refractivity contribution in [2.45, 2.75) is 12.1 Å². The van der Waals surface area contributed by atoms with Gasteiger partial charge in [-0.15, -0.1) is 0 Å². The third-order valence-corrected chi connectivity index (χ3v) is 5.97. The van der Waals surface area contributed by atoms with Crippen molar-refractivity contribution >= 4 is 33.6 Å². The molecule has 0 amide bonds. The van der Waals surface area contributed by atoms with Crippen LogP contribution >= 0.6 is 15.9 Å². The summed E-state index contributed by atoms with van der Waals surface area (Å²) < 4.78 is 64.2. The van der Waals surface area contributed by atoms with Crippen LogP contribution in [-0.2, 0) is 25.2 Å². The number of carbonyl (C=O) groups is 2. The van der Waals surface area contributed by atoms with E-state index in [0.29, 0.717) is 16.5 Å². The average Bonchev–Trinajstić information content (AvgIpc) is 2.83. The van der Waals surface area contributed by atoms with Gasteiger partial charge in [-0.3, -0.25) is 4.90 Å². The van der Waals surface area contributed by atoms with Gasteiger partial charge < -0.3 is 15.2 Å². The van der Waals surface area contributed by atoms with Gasteiger partial charge in [-0.1, -0.05) is 30.3 Å². The van der Waals surface area contributed by atoms with E-state index in [1.165, 1.54) is 0 Å². The van der Waals surface area contributed by atoms with Crippen LogP contribution in [0.25, 0.3) is 0 Å². The fourth-order valence-corrected chi connectivity index (χ4v) is 4.07. The summed E-state index contributed by atoms with van der Waals surface area (Å²) in [6.07, 6.45) is -4.96. The number of esters is 2. The van der Waals surface area contributed by atoms with Crippen molar-refractivity contribution in [3.63, 3.8) is 0 Å². The van der Waals surface area contributed by atoms with Crippen molar-refractivity contribution in [1.82, 2.24) is 0 Å². The van der Waals surface area contributed by atoms with Crippen LogP contribution < -0.4 is 10.6 Å². The SMILES string of the molecule is COC(=O)C1=C(C(=O)OC)N(c2cc(C(F)(F)F)cc(F)c2Br)C(N)=C(C#N)C1c1ccccc1. The summed E-state index contributed by atoms with van der Waals surface area (Å²) in [5.74, 6) is -5.32. The molecule has 3 rings (SSSR count). The highest BCUT2D eigenvalue weighted by Gasteiger charge is 2.44. The highest BCUT2D eigenvalue weighted by molar-refractivity contribution is 9.10. The van der Waals surface area contributed by atoms with Gasteiger partial charge in [0.2, 0.25) is 0 Å². The zero-order chi connectivity index (χ0) is 26.1. The van der Waals surface area contributed by atoms with Crippen LogP contribution in [0, 0.1) is 17.1 Å². The van der Waals surface area contributed by atoms with Crippen LogP contribution in [0.4, 0.5) is 23.2 Å². The molecule has 0 aromatic heterocycles. The molecule has 0 bridgehead atoms. The number of ether oxygens (including phenoxy) is 2. The van der Waals surface area contributed by atoms with E-state index in [1.807, 2.05) is 6.07 Å². The summed E-state index contributed by atoms with van der Waals surface area (Å²) in [4.78, 5) is 26.6. The van der Waals surface area contributed by atoms with Gasteiger partial charge in [0.05, 0.1) is 53.1 Å². The molecule has 0 saturated carbocycles. The maximum atomic E-state index is 14.6. The Morgan fingerprint density at radius 3 is 2.23 bits per heavy atom. The van der Waals surface area contributed by atoms with E-state index in [2.05, 4.69) is 15.9 Å². The molecule has 0 aliphatic carbocycles. The highest BCUT2D eigenvalue weighted by atomic mass is 79.9. The lowest BCUT2D eigenvalue weighted by atomic mass is 9.81. The summed E-state index contributed by atoms with van der Waals surface area (Å²) in [6, 6.07) is 10.6. The molecular weight excluding hydrogens is 538 g/mol. The number of methoxy groups -OCH3 is 2. The minimum atomic E-state index is -4.96. The maximum absolute atomic E-state index is 14.6. The van der Waals surface area contributed by atoms with Gasteiger partial charge in [0.1, 0.15) is 17.3 Å². The van der Waals surface area contributed by atoms with Gasteiger partial charge in [0, 0.05) is 0 Å². The summed E-state index contributed by atoms with van der Waals surface area (Å²) in [7, 11) is 1.99. The van der Waals surface area contributed by atoms with Crippen molar-refractivity contribution in [3.05, 3.63) is 86.5 Å². The Labute approximate surface area is 205 Å². The lowest BCUT2D eigenvalue weighted by molar-refractivity contribution is -0.139. The molecule has 182 valence electrons. The summed E-state index contributed by atoms with van der Waals surface area (Å²) in [5.41, 5.74) is 3.26. The highest BCUT2D eigenvalue weighted by Crippen LogP contribution is 2.46. The molecule has 1 unspecified atom stereocenters. The van der Waals surface area contributed by atoms with Crippen molar-refractivity contribution in [2.24, 2.45) is 5.73 Å². The molecule has 35 heavy (non-hydrogen) atoms. The number of anilines is 1.